The van der Waals surface area contributed by atoms with Gasteiger partial charge >= 0.3 is 0 Å². The van der Waals surface area contributed by atoms with Crippen molar-refractivity contribution in [3.63, 3.8) is 0 Å². The lowest BCUT2D eigenvalue weighted by Gasteiger charge is -2.65. The first-order valence-corrected chi connectivity index (χ1v) is 7.42. The first-order chi connectivity index (χ1) is 8.92. The van der Waals surface area contributed by atoms with Gasteiger partial charge in [0.25, 0.3) is 0 Å². The van der Waals surface area contributed by atoms with Gasteiger partial charge in [-0.3, -0.25) is 0 Å². The maximum Gasteiger partial charge on any atom is 0.0805 e. The number of nitrogens with one attached hydrogen (secondary N) is 1. The highest BCUT2D eigenvalue weighted by atomic mass is 16.3. The van der Waals surface area contributed by atoms with Gasteiger partial charge in [0.1, 0.15) is 0 Å². The van der Waals surface area contributed by atoms with Gasteiger partial charge in [0.05, 0.1) is 5.60 Å². The molecule has 3 aliphatic carbocycles. The zero-order chi connectivity index (χ0) is 13.7. The number of benzene rings is 1. The van der Waals surface area contributed by atoms with Crippen LogP contribution in [0, 0.1) is 17.3 Å². The number of hydrogen-bond donors (Lipinski definition) is 2. The van der Waals surface area contributed by atoms with Crippen molar-refractivity contribution in [1.82, 2.24) is 5.32 Å². The fraction of sp³-hybridized carbons (Fsp3) is 0.647. The molecular weight excluding hydrogens is 234 g/mol. The molecule has 1 aromatic rings. The molecule has 2 N–H and O–H groups in total. The Morgan fingerprint density at radius 2 is 1.84 bits per heavy atom. The van der Waals surface area contributed by atoms with Gasteiger partial charge in [-0.2, -0.15) is 0 Å². The van der Waals surface area contributed by atoms with Crippen LogP contribution >= 0.6 is 0 Å². The highest BCUT2D eigenvalue weighted by Gasteiger charge is 2.62. The fourth-order valence-corrected chi connectivity index (χ4v) is 4.30. The van der Waals surface area contributed by atoms with Gasteiger partial charge in [-0.15, -0.1) is 0 Å². The molecule has 2 bridgehead atoms. The molecule has 4 rings (SSSR count). The summed E-state index contributed by atoms with van der Waals surface area (Å²) in [6, 6.07) is 10.7. The maximum absolute atomic E-state index is 10.9. The van der Waals surface area contributed by atoms with Gasteiger partial charge in [-0.25, -0.2) is 0 Å². The lowest BCUT2D eigenvalue weighted by molar-refractivity contribution is -0.209. The minimum absolute atomic E-state index is 0.226. The van der Waals surface area contributed by atoms with Crippen LogP contribution in [-0.2, 0) is 6.54 Å². The van der Waals surface area contributed by atoms with Crippen molar-refractivity contribution in [1.29, 1.82) is 0 Å². The summed E-state index contributed by atoms with van der Waals surface area (Å²) in [7, 11) is 0. The van der Waals surface area contributed by atoms with E-state index in [-0.39, 0.29) is 6.04 Å². The van der Waals surface area contributed by atoms with Crippen molar-refractivity contribution in [2.24, 2.45) is 17.3 Å². The van der Waals surface area contributed by atoms with Crippen molar-refractivity contribution in [2.75, 3.05) is 0 Å². The lowest BCUT2D eigenvalue weighted by Crippen LogP contribution is -2.69. The van der Waals surface area contributed by atoms with E-state index in [9.17, 15) is 5.11 Å². The van der Waals surface area contributed by atoms with Crippen LogP contribution in [0.25, 0.3) is 0 Å². The van der Waals surface area contributed by atoms with E-state index >= 15 is 0 Å². The molecule has 2 nitrogen and oxygen atoms in total. The lowest BCUT2D eigenvalue weighted by atomic mass is 9.43. The summed E-state index contributed by atoms with van der Waals surface area (Å²) >= 11 is 0. The summed E-state index contributed by atoms with van der Waals surface area (Å²) in [6.45, 7) is 7.50. The highest BCUT2D eigenvalue weighted by Crippen LogP contribution is 2.62. The molecule has 0 unspecified atom stereocenters. The molecule has 19 heavy (non-hydrogen) atoms. The quantitative estimate of drug-likeness (QED) is 0.874. The molecule has 0 aromatic heterocycles. The SMILES string of the molecule is CC1(C)[C@@H]2C[C@H](NCc3ccccc3)[C@@](C)(O)[C@H]1C2. The number of rotatable bonds is 3. The van der Waals surface area contributed by atoms with Crippen molar-refractivity contribution < 1.29 is 5.11 Å². The van der Waals surface area contributed by atoms with Crippen LogP contribution in [0.4, 0.5) is 0 Å². The molecule has 0 radical (unpaired) electrons. The van der Waals surface area contributed by atoms with E-state index in [1.54, 1.807) is 0 Å². The van der Waals surface area contributed by atoms with Crippen LogP contribution in [-0.4, -0.2) is 16.7 Å². The van der Waals surface area contributed by atoms with Gasteiger partial charge in [-0.1, -0.05) is 44.2 Å². The Bertz CT molecular complexity index is 452. The molecule has 104 valence electrons. The average molecular weight is 259 g/mol. The Morgan fingerprint density at radius 3 is 2.42 bits per heavy atom. The molecule has 2 heteroatoms. The van der Waals surface area contributed by atoms with Crippen LogP contribution in [0.5, 0.6) is 0 Å². The topological polar surface area (TPSA) is 32.3 Å². The van der Waals surface area contributed by atoms with E-state index in [1.165, 1.54) is 12.0 Å². The van der Waals surface area contributed by atoms with E-state index in [0.29, 0.717) is 11.3 Å². The zero-order valence-corrected chi connectivity index (χ0v) is 12.2. The molecule has 0 heterocycles. The van der Waals surface area contributed by atoms with E-state index in [0.717, 1.165) is 18.9 Å². The van der Waals surface area contributed by atoms with Crippen molar-refractivity contribution in [3.05, 3.63) is 35.9 Å². The van der Waals surface area contributed by atoms with Crippen LogP contribution in [0.3, 0.4) is 0 Å². The van der Waals surface area contributed by atoms with Crippen molar-refractivity contribution >= 4 is 0 Å². The molecule has 3 saturated carbocycles. The Hall–Kier alpha value is -0.860. The molecule has 4 atom stereocenters. The van der Waals surface area contributed by atoms with Gasteiger partial charge in [0.15, 0.2) is 0 Å². The van der Waals surface area contributed by atoms with E-state index in [4.69, 9.17) is 0 Å². The number of fused-ring (bicyclic) bond motifs is 2. The maximum atomic E-state index is 10.9. The van der Waals surface area contributed by atoms with Crippen LogP contribution in [0.2, 0.25) is 0 Å². The monoisotopic (exact) mass is 259 g/mol. The van der Waals surface area contributed by atoms with Crippen LogP contribution in [0.1, 0.15) is 39.2 Å². The van der Waals surface area contributed by atoms with Crippen molar-refractivity contribution in [2.45, 2.75) is 51.8 Å². The Morgan fingerprint density at radius 1 is 1.16 bits per heavy atom. The normalized spacial score (nSPS) is 39.7. The Kier molecular flexibility index (Phi) is 2.99. The fourth-order valence-electron chi connectivity index (χ4n) is 4.30. The predicted molar refractivity (Wildman–Crippen MR) is 77.7 cm³/mol. The van der Waals surface area contributed by atoms with E-state index in [2.05, 4.69) is 43.4 Å². The Balaban J connectivity index is 1.67. The summed E-state index contributed by atoms with van der Waals surface area (Å²) in [6.07, 6.45) is 2.30. The predicted octanol–water partition coefficient (Wildman–Crippen LogP) is 2.96. The third-order valence-electron chi connectivity index (χ3n) is 5.80. The van der Waals surface area contributed by atoms with Crippen LogP contribution in [0.15, 0.2) is 30.3 Å². The standard InChI is InChI=1S/C17H25NO/c1-16(2)13-9-14(16)17(3,19)15(10-13)18-11-12-7-5-4-6-8-12/h4-8,13-15,18-19H,9-11H2,1-3H3/t13-,14-,15-,17-/m0/s1. The largest absolute Gasteiger partial charge is 0.388 e. The van der Waals surface area contributed by atoms with Gasteiger partial charge < -0.3 is 10.4 Å². The average Bonchev–Trinajstić information content (AvgIpc) is 2.37. The summed E-state index contributed by atoms with van der Waals surface area (Å²) in [5.74, 6) is 1.21. The first-order valence-electron chi connectivity index (χ1n) is 7.42. The second-order valence-corrected chi connectivity index (χ2v) is 7.19. The summed E-state index contributed by atoms with van der Waals surface area (Å²) in [4.78, 5) is 0. The van der Waals surface area contributed by atoms with Gasteiger partial charge in [-0.05, 0) is 42.6 Å². The highest BCUT2D eigenvalue weighted by molar-refractivity contribution is 5.17. The minimum atomic E-state index is -0.576. The molecular formula is C17H25NO. The Labute approximate surface area is 116 Å². The smallest absolute Gasteiger partial charge is 0.0805 e. The second kappa shape index (κ2) is 4.32. The molecule has 0 aliphatic heterocycles. The third kappa shape index (κ3) is 2.02. The molecule has 3 aliphatic rings. The van der Waals surface area contributed by atoms with E-state index < -0.39 is 5.60 Å². The van der Waals surface area contributed by atoms with Gasteiger partial charge in [0.2, 0.25) is 0 Å². The molecule has 0 amide bonds. The van der Waals surface area contributed by atoms with Crippen molar-refractivity contribution in [3.8, 4) is 0 Å². The summed E-state index contributed by atoms with van der Waals surface area (Å²) < 4.78 is 0. The summed E-state index contributed by atoms with van der Waals surface area (Å²) in [5, 5.41) is 14.5. The van der Waals surface area contributed by atoms with Crippen LogP contribution < -0.4 is 5.32 Å². The number of hydrogen-bond acceptors (Lipinski definition) is 2. The minimum Gasteiger partial charge on any atom is -0.388 e. The molecule has 3 fully saturated rings. The molecule has 0 spiro atoms. The summed E-state index contributed by atoms with van der Waals surface area (Å²) in [5.41, 5.74) is 1.03. The van der Waals surface area contributed by atoms with E-state index in [1.807, 2.05) is 13.0 Å². The molecule has 1 aromatic carbocycles. The third-order valence-corrected chi connectivity index (χ3v) is 5.80. The molecule has 0 saturated heterocycles. The second-order valence-electron chi connectivity index (χ2n) is 7.19. The zero-order valence-electron chi connectivity index (χ0n) is 12.2. The first kappa shape index (κ1) is 13.1. The number of aliphatic hydroxyl groups is 1. The van der Waals surface area contributed by atoms with Gasteiger partial charge in [0, 0.05) is 12.6 Å².